The predicted octanol–water partition coefficient (Wildman–Crippen LogP) is 6.98. The zero-order chi connectivity index (χ0) is 19.2. The Kier molecular flexibility index (Phi) is 27.3. The van der Waals surface area contributed by atoms with Gasteiger partial charge in [0.05, 0.1) is 13.2 Å². The van der Waals surface area contributed by atoms with Gasteiger partial charge in [-0.1, -0.05) is 104 Å². The van der Waals surface area contributed by atoms with Crippen molar-refractivity contribution in [1.82, 2.24) is 0 Å². The Morgan fingerprint density at radius 2 is 1.04 bits per heavy atom. The van der Waals surface area contributed by atoms with Crippen molar-refractivity contribution in [2.24, 2.45) is 0 Å². The van der Waals surface area contributed by atoms with Crippen molar-refractivity contribution < 1.29 is 9.47 Å². The lowest BCUT2D eigenvalue weighted by Gasteiger charge is -1.92. The van der Waals surface area contributed by atoms with Gasteiger partial charge in [-0.2, -0.15) is 0 Å². The summed E-state index contributed by atoms with van der Waals surface area (Å²) in [6.45, 7) is 17.7. The van der Waals surface area contributed by atoms with Gasteiger partial charge in [0.15, 0.2) is 0 Å². The standard InChI is InChI=1S/C10H8.C4H8O2.4C2H6/c1-2-6-10-8-4-3-7-9(10)5-1;1-5-2-4-3-6-4;4*1-2/h1-8H;4H,2-3H2,1H3;4*1-2H3. The lowest BCUT2D eigenvalue weighted by Crippen LogP contribution is -1.94. The Bertz CT molecular complexity index is 371. The fourth-order valence-corrected chi connectivity index (χ4v) is 1.48. The van der Waals surface area contributed by atoms with E-state index < -0.39 is 0 Å². The van der Waals surface area contributed by atoms with Gasteiger partial charge in [-0.3, -0.25) is 0 Å². The average molecular weight is 337 g/mol. The molecule has 0 aliphatic carbocycles. The molecule has 1 fully saturated rings. The van der Waals surface area contributed by atoms with Crippen LogP contribution < -0.4 is 0 Å². The highest BCUT2D eigenvalue weighted by Gasteiger charge is 2.21. The molecular weight excluding hydrogens is 296 g/mol. The number of epoxide rings is 1. The van der Waals surface area contributed by atoms with E-state index in [1.165, 1.54) is 10.8 Å². The van der Waals surface area contributed by atoms with Crippen LogP contribution in [0, 0.1) is 0 Å². The Labute approximate surface area is 151 Å². The monoisotopic (exact) mass is 336 g/mol. The summed E-state index contributed by atoms with van der Waals surface area (Å²) in [6, 6.07) is 16.7. The van der Waals surface area contributed by atoms with E-state index in [-0.39, 0.29) is 0 Å². The first-order valence-electron chi connectivity index (χ1n) is 9.44. The minimum absolute atomic E-state index is 0.426. The van der Waals surface area contributed by atoms with Crippen molar-refractivity contribution in [3.8, 4) is 0 Å². The third-order valence-corrected chi connectivity index (χ3v) is 2.41. The normalized spacial score (nSPS) is 12.8. The van der Waals surface area contributed by atoms with Gasteiger partial charge in [0.25, 0.3) is 0 Å². The molecule has 1 atom stereocenters. The van der Waals surface area contributed by atoms with Crippen molar-refractivity contribution in [2.75, 3.05) is 20.3 Å². The molecule has 0 N–H and O–H groups in total. The zero-order valence-corrected chi connectivity index (χ0v) is 17.4. The van der Waals surface area contributed by atoms with Crippen LogP contribution in [0.2, 0.25) is 0 Å². The van der Waals surface area contributed by atoms with Crippen LogP contribution in [0.1, 0.15) is 55.4 Å². The molecule has 0 radical (unpaired) electrons. The van der Waals surface area contributed by atoms with Gasteiger partial charge in [0.1, 0.15) is 6.10 Å². The molecule has 2 heteroatoms. The van der Waals surface area contributed by atoms with E-state index in [0.29, 0.717) is 6.10 Å². The van der Waals surface area contributed by atoms with Gasteiger partial charge in [0, 0.05) is 7.11 Å². The van der Waals surface area contributed by atoms with E-state index in [1.54, 1.807) is 7.11 Å². The maximum absolute atomic E-state index is 4.82. The minimum Gasteiger partial charge on any atom is -0.382 e. The molecule has 0 saturated carbocycles. The van der Waals surface area contributed by atoms with Crippen LogP contribution in [0.3, 0.4) is 0 Å². The summed E-state index contributed by atoms with van der Waals surface area (Å²) >= 11 is 0. The zero-order valence-electron chi connectivity index (χ0n) is 17.4. The van der Waals surface area contributed by atoms with E-state index in [1.807, 2.05) is 55.4 Å². The van der Waals surface area contributed by atoms with Crippen LogP contribution >= 0.6 is 0 Å². The van der Waals surface area contributed by atoms with Gasteiger partial charge in [-0.15, -0.1) is 0 Å². The van der Waals surface area contributed by atoms with Gasteiger partial charge in [0.2, 0.25) is 0 Å². The number of fused-ring (bicyclic) bond motifs is 1. The number of rotatable bonds is 2. The molecule has 1 heterocycles. The number of hydrogen-bond donors (Lipinski definition) is 0. The largest absolute Gasteiger partial charge is 0.382 e. The first-order valence-corrected chi connectivity index (χ1v) is 9.44. The number of ether oxygens (including phenoxy) is 2. The van der Waals surface area contributed by atoms with Gasteiger partial charge >= 0.3 is 0 Å². The Hall–Kier alpha value is -1.38. The summed E-state index contributed by atoms with van der Waals surface area (Å²) in [6.07, 6.45) is 0.426. The Morgan fingerprint density at radius 1 is 0.750 bits per heavy atom. The topological polar surface area (TPSA) is 21.8 Å². The number of benzene rings is 2. The molecule has 140 valence electrons. The first-order chi connectivity index (χ1) is 11.9. The van der Waals surface area contributed by atoms with Gasteiger partial charge in [-0.25, -0.2) is 0 Å². The molecule has 0 aromatic heterocycles. The quantitative estimate of drug-likeness (QED) is 0.552. The van der Waals surface area contributed by atoms with Gasteiger partial charge in [-0.05, 0) is 10.8 Å². The van der Waals surface area contributed by atoms with Crippen molar-refractivity contribution in [3.63, 3.8) is 0 Å². The van der Waals surface area contributed by atoms with E-state index >= 15 is 0 Å². The minimum atomic E-state index is 0.426. The molecule has 1 saturated heterocycles. The van der Waals surface area contributed by atoms with E-state index in [4.69, 9.17) is 9.47 Å². The summed E-state index contributed by atoms with van der Waals surface area (Å²) in [5, 5.41) is 2.62. The molecule has 1 aliphatic heterocycles. The van der Waals surface area contributed by atoms with Crippen molar-refractivity contribution >= 4 is 10.8 Å². The van der Waals surface area contributed by atoms with Crippen LogP contribution in [0.5, 0.6) is 0 Å². The highest BCUT2D eigenvalue weighted by molar-refractivity contribution is 5.81. The van der Waals surface area contributed by atoms with Crippen LogP contribution in [-0.4, -0.2) is 26.4 Å². The Balaban J connectivity index is -0.000000273. The second-order valence-corrected chi connectivity index (χ2v) is 3.76. The van der Waals surface area contributed by atoms with Crippen molar-refractivity contribution in [1.29, 1.82) is 0 Å². The molecule has 3 rings (SSSR count). The molecule has 0 bridgehead atoms. The molecule has 2 aromatic rings. The molecule has 2 aromatic carbocycles. The van der Waals surface area contributed by atoms with Crippen LogP contribution in [-0.2, 0) is 9.47 Å². The highest BCUT2D eigenvalue weighted by Crippen LogP contribution is 2.11. The van der Waals surface area contributed by atoms with Crippen molar-refractivity contribution in [2.45, 2.75) is 61.5 Å². The van der Waals surface area contributed by atoms with E-state index in [9.17, 15) is 0 Å². The summed E-state index contributed by atoms with van der Waals surface area (Å²) in [7, 11) is 1.68. The highest BCUT2D eigenvalue weighted by atomic mass is 16.6. The SMILES string of the molecule is CC.CC.CC.CC.COCC1CO1.c1ccc2ccccc2c1. The van der Waals surface area contributed by atoms with Gasteiger partial charge < -0.3 is 9.47 Å². The number of methoxy groups -OCH3 is 1. The summed E-state index contributed by atoms with van der Waals surface area (Å²) in [4.78, 5) is 0. The smallest absolute Gasteiger partial charge is 0.104 e. The fraction of sp³-hybridized carbons (Fsp3) is 0.545. The van der Waals surface area contributed by atoms with Crippen LogP contribution in [0.4, 0.5) is 0 Å². The third kappa shape index (κ3) is 15.5. The fourth-order valence-electron chi connectivity index (χ4n) is 1.48. The molecular formula is C22H40O2. The van der Waals surface area contributed by atoms with Crippen LogP contribution in [0.15, 0.2) is 48.5 Å². The first kappa shape index (κ1) is 27.5. The van der Waals surface area contributed by atoms with E-state index in [0.717, 1.165) is 13.2 Å². The number of hydrogen-bond acceptors (Lipinski definition) is 2. The maximum atomic E-state index is 4.82. The lowest BCUT2D eigenvalue weighted by atomic mass is 10.1. The predicted molar refractivity (Wildman–Crippen MR) is 111 cm³/mol. The molecule has 24 heavy (non-hydrogen) atoms. The van der Waals surface area contributed by atoms with E-state index in [2.05, 4.69) is 48.5 Å². The summed E-state index contributed by atoms with van der Waals surface area (Å²) < 4.78 is 9.56. The molecule has 0 spiro atoms. The molecule has 1 aliphatic rings. The van der Waals surface area contributed by atoms with Crippen LogP contribution in [0.25, 0.3) is 10.8 Å². The Morgan fingerprint density at radius 3 is 1.21 bits per heavy atom. The average Bonchev–Trinajstić information content (AvgIpc) is 3.53. The lowest BCUT2D eigenvalue weighted by molar-refractivity contribution is 0.171. The second kappa shape index (κ2) is 23.9. The molecule has 2 nitrogen and oxygen atoms in total. The van der Waals surface area contributed by atoms with Crippen molar-refractivity contribution in [3.05, 3.63) is 48.5 Å². The molecule has 1 unspecified atom stereocenters. The maximum Gasteiger partial charge on any atom is 0.104 e. The summed E-state index contributed by atoms with van der Waals surface area (Å²) in [5.41, 5.74) is 0. The third-order valence-electron chi connectivity index (χ3n) is 2.41. The molecule has 0 amide bonds. The second-order valence-electron chi connectivity index (χ2n) is 3.76. The summed E-state index contributed by atoms with van der Waals surface area (Å²) in [5.74, 6) is 0.